The highest BCUT2D eigenvalue weighted by Gasteiger charge is 2.12. The molecular weight excluding hydrogens is 386 g/mol. The van der Waals surface area contributed by atoms with Crippen molar-refractivity contribution >= 4 is 11.9 Å². The lowest BCUT2D eigenvalue weighted by Gasteiger charge is -2.13. The number of carbonyl (C=O) groups is 2. The number of unbranched alkanes of at least 4 members (excludes halogenated alkanes) is 14. The summed E-state index contributed by atoms with van der Waals surface area (Å²) in [6, 6.07) is 6.28. The number of amides is 1. The standard InChI is InChI=1S/C27H45NO3/c1-3-4-5-6-7-8-9-10-11-12-13-14-15-16-17-18-23(2)31-27(30)25-21-19-24(20-22-25)26(28)29/h19-23H,3-18H2,1-2H3,(H2,28,29)/t23-/m1/s1. The van der Waals surface area contributed by atoms with Gasteiger partial charge in [0, 0.05) is 5.56 Å². The van der Waals surface area contributed by atoms with Crippen LogP contribution in [0, 0.1) is 0 Å². The Hall–Kier alpha value is -1.84. The monoisotopic (exact) mass is 431 g/mol. The van der Waals surface area contributed by atoms with Crippen molar-refractivity contribution in [2.75, 3.05) is 0 Å². The third-order valence-electron chi connectivity index (χ3n) is 5.93. The maximum absolute atomic E-state index is 12.2. The fourth-order valence-corrected chi connectivity index (χ4v) is 3.88. The third kappa shape index (κ3) is 14.0. The highest BCUT2D eigenvalue weighted by atomic mass is 16.5. The van der Waals surface area contributed by atoms with E-state index in [1.165, 1.54) is 89.9 Å². The molecule has 31 heavy (non-hydrogen) atoms. The minimum Gasteiger partial charge on any atom is -0.459 e. The minimum atomic E-state index is -0.499. The van der Waals surface area contributed by atoms with Gasteiger partial charge in [0.05, 0.1) is 11.7 Å². The van der Waals surface area contributed by atoms with E-state index in [2.05, 4.69) is 6.92 Å². The fraction of sp³-hybridized carbons (Fsp3) is 0.704. The van der Waals surface area contributed by atoms with Crippen LogP contribution < -0.4 is 5.73 Å². The SMILES string of the molecule is CCCCCCCCCCCCCCCCC[C@@H](C)OC(=O)c1ccc(C(N)=O)cc1. The molecule has 0 fully saturated rings. The summed E-state index contributed by atoms with van der Waals surface area (Å²) in [5.41, 5.74) is 6.06. The Bertz CT molecular complexity index is 597. The Labute approximate surface area is 190 Å². The van der Waals surface area contributed by atoms with Crippen LogP contribution >= 0.6 is 0 Å². The Morgan fingerprint density at radius 3 is 1.52 bits per heavy atom. The second-order valence-electron chi connectivity index (χ2n) is 8.90. The molecule has 2 N–H and O–H groups in total. The molecule has 0 aliphatic rings. The molecule has 0 aliphatic carbocycles. The van der Waals surface area contributed by atoms with Gasteiger partial charge in [0.1, 0.15) is 0 Å². The van der Waals surface area contributed by atoms with Gasteiger partial charge in [-0.2, -0.15) is 0 Å². The summed E-state index contributed by atoms with van der Waals surface area (Å²) in [6.45, 7) is 4.22. The number of hydrogen-bond acceptors (Lipinski definition) is 3. The van der Waals surface area contributed by atoms with Crippen LogP contribution in [0.2, 0.25) is 0 Å². The van der Waals surface area contributed by atoms with Gasteiger partial charge in [0.15, 0.2) is 0 Å². The molecule has 1 amide bonds. The number of esters is 1. The molecule has 0 heterocycles. The van der Waals surface area contributed by atoms with Crippen molar-refractivity contribution in [1.82, 2.24) is 0 Å². The molecule has 1 atom stereocenters. The van der Waals surface area contributed by atoms with E-state index in [-0.39, 0.29) is 12.1 Å². The molecule has 4 nitrogen and oxygen atoms in total. The first kappa shape index (κ1) is 27.2. The number of ether oxygens (including phenoxy) is 1. The molecule has 0 saturated heterocycles. The number of hydrogen-bond donors (Lipinski definition) is 1. The topological polar surface area (TPSA) is 69.4 Å². The zero-order valence-electron chi connectivity index (χ0n) is 20.0. The molecule has 0 spiro atoms. The van der Waals surface area contributed by atoms with Gasteiger partial charge < -0.3 is 10.5 Å². The highest BCUT2D eigenvalue weighted by Crippen LogP contribution is 2.15. The van der Waals surface area contributed by atoms with E-state index in [1.807, 2.05) is 6.92 Å². The van der Waals surface area contributed by atoms with Crippen LogP contribution in [0.5, 0.6) is 0 Å². The van der Waals surface area contributed by atoms with Gasteiger partial charge in [-0.05, 0) is 44.0 Å². The van der Waals surface area contributed by atoms with E-state index in [0.717, 1.165) is 12.8 Å². The number of primary amides is 1. The van der Waals surface area contributed by atoms with Crippen LogP contribution in [0.3, 0.4) is 0 Å². The number of nitrogens with two attached hydrogens (primary N) is 1. The van der Waals surface area contributed by atoms with E-state index < -0.39 is 5.91 Å². The largest absolute Gasteiger partial charge is 0.459 e. The van der Waals surface area contributed by atoms with E-state index in [4.69, 9.17) is 10.5 Å². The molecule has 0 saturated carbocycles. The molecule has 176 valence electrons. The Morgan fingerprint density at radius 1 is 0.710 bits per heavy atom. The van der Waals surface area contributed by atoms with Crippen LogP contribution in [0.15, 0.2) is 24.3 Å². The average Bonchev–Trinajstić information content (AvgIpc) is 2.76. The first-order valence-electron chi connectivity index (χ1n) is 12.7. The maximum atomic E-state index is 12.2. The van der Waals surface area contributed by atoms with Gasteiger partial charge in [0.25, 0.3) is 0 Å². The Morgan fingerprint density at radius 2 is 1.10 bits per heavy atom. The van der Waals surface area contributed by atoms with E-state index in [9.17, 15) is 9.59 Å². The molecular formula is C27H45NO3. The van der Waals surface area contributed by atoms with Crippen molar-refractivity contribution in [3.05, 3.63) is 35.4 Å². The van der Waals surface area contributed by atoms with Gasteiger partial charge >= 0.3 is 5.97 Å². The summed E-state index contributed by atoms with van der Waals surface area (Å²) in [7, 11) is 0. The fourth-order valence-electron chi connectivity index (χ4n) is 3.88. The van der Waals surface area contributed by atoms with Crippen LogP contribution in [-0.4, -0.2) is 18.0 Å². The van der Waals surface area contributed by atoms with Crippen LogP contribution in [0.25, 0.3) is 0 Å². The third-order valence-corrected chi connectivity index (χ3v) is 5.93. The van der Waals surface area contributed by atoms with Crippen LogP contribution in [0.1, 0.15) is 137 Å². The van der Waals surface area contributed by atoms with Gasteiger partial charge in [-0.25, -0.2) is 4.79 Å². The van der Waals surface area contributed by atoms with Crippen molar-refractivity contribution < 1.29 is 14.3 Å². The van der Waals surface area contributed by atoms with E-state index in [0.29, 0.717) is 11.1 Å². The molecule has 4 heteroatoms. The minimum absolute atomic E-state index is 0.0923. The first-order valence-corrected chi connectivity index (χ1v) is 12.7. The molecule has 0 aromatic heterocycles. The van der Waals surface area contributed by atoms with Crippen molar-refractivity contribution in [2.24, 2.45) is 5.73 Å². The van der Waals surface area contributed by atoms with E-state index in [1.54, 1.807) is 24.3 Å². The van der Waals surface area contributed by atoms with Crippen molar-refractivity contribution in [3.8, 4) is 0 Å². The van der Waals surface area contributed by atoms with Gasteiger partial charge in [0.2, 0.25) is 5.91 Å². The molecule has 1 rings (SSSR count). The zero-order chi connectivity index (χ0) is 22.7. The lowest BCUT2D eigenvalue weighted by molar-refractivity contribution is 0.0319. The summed E-state index contributed by atoms with van der Waals surface area (Å²) in [5.74, 6) is -0.842. The Balaban J connectivity index is 1.93. The molecule has 1 aromatic carbocycles. The molecule has 1 aromatic rings. The normalized spacial score (nSPS) is 11.9. The highest BCUT2D eigenvalue weighted by molar-refractivity contribution is 5.95. The molecule has 0 unspecified atom stereocenters. The number of rotatable bonds is 19. The van der Waals surface area contributed by atoms with Crippen molar-refractivity contribution in [1.29, 1.82) is 0 Å². The van der Waals surface area contributed by atoms with Crippen LogP contribution in [0.4, 0.5) is 0 Å². The second kappa shape index (κ2) is 17.8. The lowest BCUT2D eigenvalue weighted by atomic mass is 10.0. The summed E-state index contributed by atoms with van der Waals surface area (Å²) < 4.78 is 5.50. The van der Waals surface area contributed by atoms with Crippen molar-refractivity contribution in [2.45, 2.75) is 123 Å². The van der Waals surface area contributed by atoms with Gasteiger partial charge in [-0.1, -0.05) is 96.8 Å². The maximum Gasteiger partial charge on any atom is 0.338 e. The average molecular weight is 432 g/mol. The quantitative estimate of drug-likeness (QED) is 0.181. The summed E-state index contributed by atoms with van der Waals surface area (Å²) in [4.78, 5) is 23.2. The predicted molar refractivity (Wildman–Crippen MR) is 129 cm³/mol. The zero-order valence-corrected chi connectivity index (χ0v) is 20.0. The summed E-state index contributed by atoms with van der Waals surface area (Å²) in [5, 5.41) is 0. The number of carbonyl (C=O) groups excluding carboxylic acids is 2. The smallest absolute Gasteiger partial charge is 0.338 e. The first-order chi connectivity index (χ1) is 15.0. The second-order valence-corrected chi connectivity index (χ2v) is 8.90. The molecule has 0 aliphatic heterocycles. The van der Waals surface area contributed by atoms with Gasteiger partial charge in [-0.3, -0.25) is 4.79 Å². The lowest BCUT2D eigenvalue weighted by Crippen LogP contribution is -2.16. The van der Waals surface area contributed by atoms with Crippen LogP contribution in [-0.2, 0) is 4.74 Å². The Kier molecular flexibility index (Phi) is 15.6. The number of benzene rings is 1. The predicted octanol–water partition coefficient (Wildman–Crippen LogP) is 7.59. The van der Waals surface area contributed by atoms with Crippen molar-refractivity contribution in [3.63, 3.8) is 0 Å². The molecule has 0 bridgehead atoms. The summed E-state index contributed by atoms with van der Waals surface area (Å²) >= 11 is 0. The van der Waals surface area contributed by atoms with E-state index >= 15 is 0 Å². The summed E-state index contributed by atoms with van der Waals surface area (Å²) in [6.07, 6.45) is 21.0. The van der Waals surface area contributed by atoms with Gasteiger partial charge in [-0.15, -0.1) is 0 Å². The molecule has 0 radical (unpaired) electrons.